The molecule has 1 aliphatic heterocycles. The summed E-state index contributed by atoms with van der Waals surface area (Å²) in [6.07, 6.45) is 3.45. The van der Waals surface area contributed by atoms with Crippen LogP contribution in [-0.4, -0.2) is 31.1 Å². The summed E-state index contributed by atoms with van der Waals surface area (Å²) >= 11 is 1.68. The highest BCUT2D eigenvalue weighted by Gasteiger charge is 2.14. The van der Waals surface area contributed by atoms with E-state index >= 15 is 0 Å². The Kier molecular flexibility index (Phi) is 5.59. The number of hydrogen-bond donors (Lipinski definition) is 1. The number of benzene rings is 1. The first kappa shape index (κ1) is 15.0. The summed E-state index contributed by atoms with van der Waals surface area (Å²) in [4.78, 5) is 11.7. The van der Waals surface area contributed by atoms with Gasteiger partial charge in [0.2, 0.25) is 5.91 Å². The van der Waals surface area contributed by atoms with Crippen molar-refractivity contribution in [1.82, 2.24) is 5.32 Å². The van der Waals surface area contributed by atoms with Crippen molar-refractivity contribution in [3.8, 4) is 11.5 Å². The van der Waals surface area contributed by atoms with Gasteiger partial charge in [0.15, 0.2) is 11.5 Å². The third kappa shape index (κ3) is 4.07. The van der Waals surface area contributed by atoms with Crippen molar-refractivity contribution in [3.05, 3.63) is 23.8 Å². The predicted molar refractivity (Wildman–Crippen MR) is 81.6 cm³/mol. The molecule has 0 spiro atoms. The fourth-order valence-electron chi connectivity index (χ4n) is 2.04. The third-order valence-electron chi connectivity index (χ3n) is 3.18. The topological polar surface area (TPSA) is 47.6 Å². The highest BCUT2D eigenvalue weighted by molar-refractivity contribution is 7.98. The predicted octanol–water partition coefficient (Wildman–Crippen LogP) is 2.78. The molecule has 0 fully saturated rings. The van der Waals surface area contributed by atoms with Gasteiger partial charge < -0.3 is 14.8 Å². The quantitative estimate of drug-likeness (QED) is 0.907. The van der Waals surface area contributed by atoms with Crippen molar-refractivity contribution < 1.29 is 14.3 Å². The first-order valence-electron chi connectivity index (χ1n) is 6.88. The van der Waals surface area contributed by atoms with Crippen LogP contribution in [0.4, 0.5) is 0 Å². The van der Waals surface area contributed by atoms with E-state index < -0.39 is 0 Å². The number of nitrogens with one attached hydrogen (secondary N) is 1. The lowest BCUT2D eigenvalue weighted by Crippen LogP contribution is -2.26. The lowest BCUT2D eigenvalue weighted by Gasteiger charge is -2.16. The fraction of sp³-hybridized carbons (Fsp3) is 0.533. The Morgan fingerprint density at radius 2 is 2.10 bits per heavy atom. The summed E-state index contributed by atoms with van der Waals surface area (Å²) in [5.74, 6) is 2.48. The Balaban J connectivity index is 2.01. The molecule has 20 heavy (non-hydrogen) atoms. The minimum atomic E-state index is -0.0264. The monoisotopic (exact) mass is 295 g/mol. The maximum Gasteiger partial charge on any atom is 0.221 e. The molecule has 1 heterocycles. The van der Waals surface area contributed by atoms with Gasteiger partial charge in [-0.25, -0.2) is 0 Å². The molecule has 0 aliphatic carbocycles. The van der Waals surface area contributed by atoms with Crippen molar-refractivity contribution in [2.75, 3.05) is 25.2 Å². The number of thioether (sulfide) groups is 1. The number of rotatable bonds is 5. The SMILES string of the molecule is CSCCC(=O)NC(C)c1ccc2c(c1)OCCCO2. The number of hydrogen-bond acceptors (Lipinski definition) is 4. The molecule has 0 saturated carbocycles. The smallest absolute Gasteiger partial charge is 0.221 e. The third-order valence-corrected chi connectivity index (χ3v) is 3.79. The zero-order valence-electron chi connectivity index (χ0n) is 12.0. The van der Waals surface area contributed by atoms with Crippen LogP contribution >= 0.6 is 11.8 Å². The number of carbonyl (C=O) groups is 1. The molecule has 1 aromatic carbocycles. The molecule has 1 unspecified atom stereocenters. The van der Waals surface area contributed by atoms with Gasteiger partial charge in [-0.3, -0.25) is 4.79 Å². The molecule has 5 heteroatoms. The molecule has 0 aromatic heterocycles. The summed E-state index contributed by atoms with van der Waals surface area (Å²) < 4.78 is 11.3. The minimum Gasteiger partial charge on any atom is -0.490 e. The zero-order chi connectivity index (χ0) is 14.4. The highest BCUT2D eigenvalue weighted by Crippen LogP contribution is 2.32. The number of carbonyl (C=O) groups excluding carboxylic acids is 1. The highest BCUT2D eigenvalue weighted by atomic mass is 32.2. The van der Waals surface area contributed by atoms with Crippen LogP contribution < -0.4 is 14.8 Å². The van der Waals surface area contributed by atoms with Gasteiger partial charge in [0.05, 0.1) is 19.3 Å². The summed E-state index contributed by atoms with van der Waals surface area (Å²) in [6, 6.07) is 5.83. The standard InChI is InChI=1S/C15H21NO3S/c1-11(16-15(17)6-9-20-2)12-4-5-13-14(10-12)19-8-3-7-18-13/h4-5,10-11H,3,6-9H2,1-2H3,(H,16,17). The van der Waals surface area contributed by atoms with Crippen molar-refractivity contribution in [1.29, 1.82) is 0 Å². The van der Waals surface area contributed by atoms with E-state index in [1.807, 2.05) is 31.4 Å². The second kappa shape index (κ2) is 7.43. The van der Waals surface area contributed by atoms with Crippen molar-refractivity contribution in [3.63, 3.8) is 0 Å². The Bertz CT molecular complexity index is 464. The first-order chi connectivity index (χ1) is 9.70. The first-order valence-corrected chi connectivity index (χ1v) is 8.28. The van der Waals surface area contributed by atoms with E-state index in [0.29, 0.717) is 19.6 Å². The van der Waals surface area contributed by atoms with Crippen LogP contribution in [0, 0.1) is 0 Å². The number of fused-ring (bicyclic) bond motifs is 1. The molecule has 0 bridgehead atoms. The van der Waals surface area contributed by atoms with Crippen molar-refractivity contribution in [2.45, 2.75) is 25.8 Å². The summed E-state index contributed by atoms with van der Waals surface area (Å²) in [5.41, 5.74) is 1.03. The zero-order valence-corrected chi connectivity index (χ0v) is 12.8. The van der Waals surface area contributed by atoms with Gasteiger partial charge in [-0.2, -0.15) is 11.8 Å². The van der Waals surface area contributed by atoms with Crippen LogP contribution in [0.1, 0.15) is 31.4 Å². The molecule has 2 rings (SSSR count). The van der Waals surface area contributed by atoms with E-state index in [9.17, 15) is 4.79 Å². The summed E-state index contributed by atoms with van der Waals surface area (Å²) in [5, 5.41) is 3.00. The molecular formula is C15H21NO3S. The number of amides is 1. The second-order valence-electron chi connectivity index (χ2n) is 4.79. The maximum absolute atomic E-state index is 11.7. The van der Waals surface area contributed by atoms with E-state index in [-0.39, 0.29) is 11.9 Å². The molecule has 0 saturated heterocycles. The molecule has 0 radical (unpaired) electrons. The lowest BCUT2D eigenvalue weighted by molar-refractivity contribution is -0.121. The minimum absolute atomic E-state index is 0.0264. The largest absolute Gasteiger partial charge is 0.490 e. The average Bonchev–Trinajstić information content (AvgIpc) is 2.69. The van der Waals surface area contributed by atoms with Crippen LogP contribution in [0.5, 0.6) is 11.5 Å². The van der Waals surface area contributed by atoms with Crippen LogP contribution in [0.25, 0.3) is 0 Å². The van der Waals surface area contributed by atoms with E-state index in [2.05, 4.69) is 5.32 Å². The molecule has 1 aliphatic rings. The maximum atomic E-state index is 11.7. The molecule has 1 amide bonds. The van der Waals surface area contributed by atoms with Gasteiger partial charge in [-0.1, -0.05) is 6.07 Å². The Hall–Kier alpha value is -1.36. The normalized spacial score (nSPS) is 15.3. The van der Waals surface area contributed by atoms with Gasteiger partial charge in [-0.05, 0) is 30.9 Å². The molecule has 110 valence electrons. The van der Waals surface area contributed by atoms with Gasteiger partial charge in [0.25, 0.3) is 0 Å². The number of ether oxygens (including phenoxy) is 2. The van der Waals surface area contributed by atoms with Gasteiger partial charge >= 0.3 is 0 Å². The molecular weight excluding hydrogens is 274 g/mol. The van der Waals surface area contributed by atoms with Crippen LogP contribution in [0.3, 0.4) is 0 Å². The van der Waals surface area contributed by atoms with Gasteiger partial charge in [0.1, 0.15) is 0 Å². The van der Waals surface area contributed by atoms with Crippen LogP contribution in [0.2, 0.25) is 0 Å². The molecule has 1 N–H and O–H groups in total. The van der Waals surface area contributed by atoms with Crippen LogP contribution in [0.15, 0.2) is 18.2 Å². The van der Waals surface area contributed by atoms with E-state index in [0.717, 1.165) is 29.2 Å². The van der Waals surface area contributed by atoms with Crippen molar-refractivity contribution in [2.24, 2.45) is 0 Å². The molecule has 1 aromatic rings. The average molecular weight is 295 g/mol. The summed E-state index contributed by atoms with van der Waals surface area (Å²) in [6.45, 7) is 3.34. The van der Waals surface area contributed by atoms with E-state index in [4.69, 9.17) is 9.47 Å². The molecule has 1 atom stereocenters. The Morgan fingerprint density at radius 3 is 2.85 bits per heavy atom. The fourth-order valence-corrected chi connectivity index (χ4v) is 2.43. The Labute approximate surface area is 124 Å². The van der Waals surface area contributed by atoms with E-state index in [1.165, 1.54) is 0 Å². The Morgan fingerprint density at radius 1 is 1.35 bits per heavy atom. The summed E-state index contributed by atoms with van der Waals surface area (Å²) in [7, 11) is 0. The van der Waals surface area contributed by atoms with Crippen LogP contribution in [-0.2, 0) is 4.79 Å². The molecule has 4 nitrogen and oxygen atoms in total. The lowest BCUT2D eigenvalue weighted by atomic mass is 10.1. The van der Waals surface area contributed by atoms with Crippen molar-refractivity contribution >= 4 is 17.7 Å². The van der Waals surface area contributed by atoms with Gasteiger partial charge in [0, 0.05) is 18.6 Å². The van der Waals surface area contributed by atoms with E-state index in [1.54, 1.807) is 11.8 Å². The second-order valence-corrected chi connectivity index (χ2v) is 5.77. The van der Waals surface area contributed by atoms with Gasteiger partial charge in [-0.15, -0.1) is 0 Å².